The van der Waals surface area contributed by atoms with Crippen molar-refractivity contribution >= 4 is 27.8 Å². The molecule has 0 radical (unpaired) electrons. The minimum absolute atomic E-state index is 0.129. The van der Waals surface area contributed by atoms with Crippen molar-refractivity contribution < 1.29 is 14.3 Å². The molecule has 0 atom stereocenters. The minimum Gasteiger partial charge on any atom is -0.463 e. The number of rotatable bonds is 5. The van der Waals surface area contributed by atoms with Crippen molar-refractivity contribution in [2.45, 2.75) is 25.1 Å². The van der Waals surface area contributed by atoms with Gasteiger partial charge in [0, 0.05) is 12.6 Å². The molecule has 86 valence electrons. The highest BCUT2D eigenvalue weighted by Crippen LogP contribution is 2.14. The van der Waals surface area contributed by atoms with E-state index >= 15 is 0 Å². The van der Waals surface area contributed by atoms with Gasteiger partial charge in [-0.3, -0.25) is 4.79 Å². The summed E-state index contributed by atoms with van der Waals surface area (Å²) < 4.78 is 4.08. The molecular formula is C10H16BrNO3. The third-order valence-corrected chi connectivity index (χ3v) is 1.82. The zero-order valence-electron chi connectivity index (χ0n) is 9.17. The Kier molecular flexibility index (Phi) is 6.24. The fourth-order valence-electron chi connectivity index (χ4n) is 0.707. The molecule has 0 unspecified atom stereocenters. The first-order chi connectivity index (χ1) is 6.88. The lowest BCUT2D eigenvalue weighted by atomic mass is 10.2. The summed E-state index contributed by atoms with van der Waals surface area (Å²) in [7, 11) is 0. The Hall–Kier alpha value is -0.840. The Bertz CT molecular complexity index is 256. The molecule has 0 heterocycles. The molecule has 5 heteroatoms. The third kappa shape index (κ3) is 7.13. The van der Waals surface area contributed by atoms with E-state index in [1.165, 1.54) is 6.08 Å². The summed E-state index contributed by atoms with van der Waals surface area (Å²) in [4.78, 5) is 22.2. The first-order valence-corrected chi connectivity index (χ1v) is 5.47. The summed E-state index contributed by atoms with van der Waals surface area (Å²) in [6.07, 6.45) is 2.85. The number of alkyl halides is 1. The van der Waals surface area contributed by atoms with Crippen molar-refractivity contribution in [2.24, 2.45) is 0 Å². The van der Waals surface area contributed by atoms with E-state index in [0.717, 1.165) is 0 Å². The predicted molar refractivity (Wildman–Crippen MR) is 61.8 cm³/mol. The maximum absolute atomic E-state index is 11.3. The van der Waals surface area contributed by atoms with Crippen molar-refractivity contribution in [3.63, 3.8) is 0 Å². The van der Waals surface area contributed by atoms with Crippen molar-refractivity contribution in [1.82, 2.24) is 5.32 Å². The summed E-state index contributed by atoms with van der Waals surface area (Å²) in [5, 5.41) is 2.64. The Labute approximate surface area is 98.2 Å². The van der Waals surface area contributed by atoms with Gasteiger partial charge in [-0.15, -0.1) is 0 Å². The average molecular weight is 278 g/mol. The first kappa shape index (κ1) is 14.2. The Morgan fingerprint density at radius 1 is 1.47 bits per heavy atom. The maximum Gasteiger partial charge on any atom is 0.330 e. The fraction of sp³-hybridized carbons (Fsp3) is 0.600. The number of carbonyl (C=O) groups is 2. The highest BCUT2D eigenvalue weighted by molar-refractivity contribution is 9.10. The highest BCUT2D eigenvalue weighted by Gasteiger charge is 2.22. The van der Waals surface area contributed by atoms with Gasteiger partial charge in [-0.05, 0) is 20.8 Å². The maximum atomic E-state index is 11.3. The van der Waals surface area contributed by atoms with Crippen LogP contribution in [-0.4, -0.2) is 29.4 Å². The van der Waals surface area contributed by atoms with Crippen LogP contribution in [0.2, 0.25) is 0 Å². The smallest absolute Gasteiger partial charge is 0.330 e. The van der Waals surface area contributed by atoms with Crippen molar-refractivity contribution in [2.75, 3.05) is 13.2 Å². The van der Waals surface area contributed by atoms with Gasteiger partial charge in [-0.2, -0.15) is 0 Å². The van der Waals surface area contributed by atoms with E-state index in [1.807, 2.05) is 0 Å². The van der Waals surface area contributed by atoms with Crippen LogP contribution >= 0.6 is 15.9 Å². The molecule has 1 N–H and O–H groups in total. The molecule has 0 spiro atoms. The zero-order valence-corrected chi connectivity index (χ0v) is 10.8. The number of hydrogen-bond acceptors (Lipinski definition) is 3. The Morgan fingerprint density at radius 3 is 2.53 bits per heavy atom. The van der Waals surface area contributed by atoms with Crippen LogP contribution < -0.4 is 5.32 Å². The molecule has 15 heavy (non-hydrogen) atoms. The number of nitrogens with one attached hydrogen (secondary N) is 1. The number of amides is 1. The predicted octanol–water partition coefficient (Wildman–Crippen LogP) is 1.40. The summed E-state index contributed by atoms with van der Waals surface area (Å²) in [6, 6.07) is 0. The summed E-state index contributed by atoms with van der Waals surface area (Å²) in [6.45, 7) is 5.90. The zero-order chi connectivity index (χ0) is 11.9. The van der Waals surface area contributed by atoms with E-state index in [4.69, 9.17) is 0 Å². The van der Waals surface area contributed by atoms with E-state index in [-0.39, 0.29) is 5.91 Å². The van der Waals surface area contributed by atoms with Gasteiger partial charge in [0.25, 0.3) is 0 Å². The van der Waals surface area contributed by atoms with Crippen LogP contribution in [0.25, 0.3) is 0 Å². The molecule has 0 aliphatic rings. The third-order valence-electron chi connectivity index (χ3n) is 1.46. The molecule has 0 aromatic carbocycles. The highest BCUT2D eigenvalue weighted by atomic mass is 79.9. The Morgan fingerprint density at radius 2 is 2.07 bits per heavy atom. The van der Waals surface area contributed by atoms with Crippen LogP contribution in [0.5, 0.6) is 0 Å². The van der Waals surface area contributed by atoms with Crippen LogP contribution in [0.3, 0.4) is 0 Å². The molecule has 0 aliphatic carbocycles. The van der Waals surface area contributed by atoms with Gasteiger partial charge in [-0.1, -0.05) is 22.0 Å². The van der Waals surface area contributed by atoms with Crippen molar-refractivity contribution in [3.05, 3.63) is 12.2 Å². The van der Waals surface area contributed by atoms with Gasteiger partial charge in [0.1, 0.15) is 0 Å². The molecule has 0 aromatic heterocycles. The Balaban J connectivity index is 3.80. The van der Waals surface area contributed by atoms with E-state index < -0.39 is 10.3 Å². The normalized spacial score (nSPS) is 11.5. The first-order valence-electron chi connectivity index (χ1n) is 4.68. The van der Waals surface area contributed by atoms with Gasteiger partial charge < -0.3 is 10.1 Å². The largest absolute Gasteiger partial charge is 0.463 e. The van der Waals surface area contributed by atoms with E-state index in [0.29, 0.717) is 13.2 Å². The molecule has 0 saturated carbocycles. The lowest BCUT2D eigenvalue weighted by Crippen LogP contribution is -2.37. The molecule has 0 rings (SSSR count). The molecule has 0 aliphatic heterocycles. The number of halogens is 1. The molecule has 1 amide bonds. The standard InChI is InChI=1S/C10H16BrNO3/c1-4-15-8(13)6-5-7-12-9(14)10(2,3)11/h5-6H,4,7H2,1-3H3,(H,12,14)/b6-5+. The van der Waals surface area contributed by atoms with Crippen LogP contribution in [0.15, 0.2) is 12.2 Å². The van der Waals surface area contributed by atoms with Gasteiger partial charge in [0.2, 0.25) is 5.91 Å². The van der Waals surface area contributed by atoms with Gasteiger partial charge in [-0.25, -0.2) is 4.79 Å². The van der Waals surface area contributed by atoms with Crippen LogP contribution in [0, 0.1) is 0 Å². The summed E-state index contributed by atoms with van der Waals surface area (Å²) in [5.41, 5.74) is 0. The second kappa shape index (κ2) is 6.61. The van der Waals surface area contributed by atoms with Crippen LogP contribution in [0.4, 0.5) is 0 Å². The molecule has 0 bridgehead atoms. The van der Waals surface area contributed by atoms with Crippen molar-refractivity contribution in [1.29, 1.82) is 0 Å². The fourth-order valence-corrected chi connectivity index (χ4v) is 0.848. The second-order valence-corrected chi connectivity index (χ2v) is 5.32. The molecule has 4 nitrogen and oxygen atoms in total. The van der Waals surface area contributed by atoms with E-state index in [1.54, 1.807) is 26.8 Å². The van der Waals surface area contributed by atoms with Gasteiger partial charge in [0.05, 0.1) is 10.9 Å². The molecule has 0 saturated heterocycles. The topological polar surface area (TPSA) is 55.4 Å². The number of esters is 1. The van der Waals surface area contributed by atoms with Crippen LogP contribution in [-0.2, 0) is 14.3 Å². The number of carbonyl (C=O) groups excluding carboxylic acids is 2. The quantitative estimate of drug-likeness (QED) is 0.470. The molecular weight excluding hydrogens is 262 g/mol. The van der Waals surface area contributed by atoms with E-state index in [9.17, 15) is 9.59 Å². The minimum atomic E-state index is -0.592. The number of hydrogen-bond donors (Lipinski definition) is 1. The lowest BCUT2D eigenvalue weighted by molar-refractivity contribution is -0.137. The lowest BCUT2D eigenvalue weighted by Gasteiger charge is -2.14. The van der Waals surface area contributed by atoms with E-state index in [2.05, 4.69) is 26.0 Å². The molecule has 0 fully saturated rings. The monoisotopic (exact) mass is 277 g/mol. The SMILES string of the molecule is CCOC(=O)/C=C/CNC(=O)C(C)(C)Br. The number of ether oxygens (including phenoxy) is 1. The summed E-state index contributed by atoms with van der Waals surface area (Å²) >= 11 is 3.22. The van der Waals surface area contributed by atoms with Gasteiger partial charge in [0.15, 0.2) is 0 Å². The average Bonchev–Trinajstić information content (AvgIpc) is 2.11. The molecule has 0 aromatic rings. The van der Waals surface area contributed by atoms with Crippen LogP contribution in [0.1, 0.15) is 20.8 Å². The van der Waals surface area contributed by atoms with Crippen molar-refractivity contribution in [3.8, 4) is 0 Å². The second-order valence-electron chi connectivity index (χ2n) is 3.34. The van der Waals surface area contributed by atoms with Gasteiger partial charge >= 0.3 is 5.97 Å². The summed E-state index contributed by atoms with van der Waals surface area (Å²) in [5.74, 6) is -0.527.